The number of benzene rings is 1. The molecule has 5 nitrogen and oxygen atoms in total. The lowest BCUT2D eigenvalue weighted by molar-refractivity contribution is -0.137. The monoisotopic (exact) mass is 288 g/mol. The van der Waals surface area contributed by atoms with Gasteiger partial charge in [-0.2, -0.15) is 5.26 Å². The lowest BCUT2D eigenvalue weighted by atomic mass is 10.0. The van der Waals surface area contributed by atoms with Gasteiger partial charge in [-0.3, -0.25) is 4.79 Å². The molecule has 1 aliphatic heterocycles. The molecular weight excluding hydrogens is 268 g/mol. The van der Waals surface area contributed by atoms with Gasteiger partial charge in [0.2, 0.25) is 0 Å². The fraction of sp³-hybridized carbons (Fsp3) is 0.500. The first-order valence-electron chi connectivity index (χ1n) is 7.15. The van der Waals surface area contributed by atoms with Crippen LogP contribution in [0.15, 0.2) is 24.3 Å². The second-order valence-corrected chi connectivity index (χ2v) is 5.47. The standard InChI is InChI=1S/C16H20N2O3/c1-11(19)14-7-8-18(10-14)16(20)12(2)21-15-5-3-13(9-17)4-6-15/h3-6,11-12,14,19H,7-8,10H2,1-2H3. The first kappa shape index (κ1) is 15.3. The van der Waals surface area contributed by atoms with Gasteiger partial charge in [0.15, 0.2) is 6.10 Å². The molecule has 1 aromatic rings. The van der Waals surface area contributed by atoms with Crippen LogP contribution in [0.5, 0.6) is 5.75 Å². The van der Waals surface area contributed by atoms with Crippen molar-refractivity contribution in [2.24, 2.45) is 5.92 Å². The average molecular weight is 288 g/mol. The predicted molar refractivity (Wildman–Crippen MR) is 77.6 cm³/mol. The Morgan fingerprint density at radius 1 is 1.43 bits per heavy atom. The van der Waals surface area contributed by atoms with Gasteiger partial charge in [0.1, 0.15) is 5.75 Å². The van der Waals surface area contributed by atoms with Crippen LogP contribution >= 0.6 is 0 Å². The number of amides is 1. The van der Waals surface area contributed by atoms with Crippen molar-refractivity contribution in [3.63, 3.8) is 0 Å². The maximum Gasteiger partial charge on any atom is 0.263 e. The van der Waals surface area contributed by atoms with E-state index in [0.29, 0.717) is 24.4 Å². The number of hydrogen-bond acceptors (Lipinski definition) is 4. The molecule has 0 radical (unpaired) electrons. The number of aliphatic hydroxyl groups excluding tert-OH is 1. The molecule has 1 saturated heterocycles. The van der Waals surface area contributed by atoms with Crippen LogP contribution < -0.4 is 4.74 Å². The molecule has 21 heavy (non-hydrogen) atoms. The van der Waals surface area contributed by atoms with Crippen molar-refractivity contribution in [2.75, 3.05) is 13.1 Å². The van der Waals surface area contributed by atoms with Gasteiger partial charge < -0.3 is 14.7 Å². The first-order valence-corrected chi connectivity index (χ1v) is 7.15. The number of nitriles is 1. The van der Waals surface area contributed by atoms with E-state index in [1.165, 1.54) is 0 Å². The highest BCUT2D eigenvalue weighted by Crippen LogP contribution is 2.21. The molecule has 5 heteroatoms. The average Bonchev–Trinajstić information content (AvgIpc) is 2.97. The first-order chi connectivity index (χ1) is 10.0. The molecule has 2 rings (SSSR count). The number of carbonyl (C=O) groups excluding carboxylic acids is 1. The number of rotatable bonds is 4. The number of carbonyl (C=O) groups is 1. The minimum Gasteiger partial charge on any atom is -0.481 e. The molecule has 0 spiro atoms. The molecule has 0 aromatic heterocycles. The van der Waals surface area contributed by atoms with Crippen LogP contribution in [0.25, 0.3) is 0 Å². The summed E-state index contributed by atoms with van der Waals surface area (Å²) in [7, 11) is 0. The summed E-state index contributed by atoms with van der Waals surface area (Å²) in [5.41, 5.74) is 0.556. The zero-order valence-electron chi connectivity index (χ0n) is 12.3. The van der Waals surface area contributed by atoms with Crippen LogP contribution in [0.2, 0.25) is 0 Å². The van der Waals surface area contributed by atoms with E-state index in [4.69, 9.17) is 10.00 Å². The Bertz CT molecular complexity index is 533. The maximum absolute atomic E-state index is 12.3. The van der Waals surface area contributed by atoms with E-state index in [9.17, 15) is 9.90 Å². The number of nitrogens with zero attached hydrogens (tertiary/aromatic N) is 2. The Kier molecular flexibility index (Phi) is 4.81. The number of hydrogen-bond donors (Lipinski definition) is 1. The van der Waals surface area contributed by atoms with Crippen molar-refractivity contribution in [1.29, 1.82) is 5.26 Å². The Morgan fingerprint density at radius 3 is 2.62 bits per heavy atom. The van der Waals surface area contributed by atoms with Crippen molar-refractivity contribution in [3.05, 3.63) is 29.8 Å². The Hall–Kier alpha value is -2.06. The van der Waals surface area contributed by atoms with Crippen LogP contribution in [-0.2, 0) is 4.79 Å². The second-order valence-electron chi connectivity index (χ2n) is 5.47. The molecule has 1 fully saturated rings. The van der Waals surface area contributed by atoms with E-state index in [-0.39, 0.29) is 11.8 Å². The van der Waals surface area contributed by atoms with Gasteiger partial charge in [-0.05, 0) is 44.5 Å². The van der Waals surface area contributed by atoms with Crippen molar-refractivity contribution in [1.82, 2.24) is 4.90 Å². The number of aliphatic hydroxyl groups is 1. The summed E-state index contributed by atoms with van der Waals surface area (Å²) >= 11 is 0. The smallest absolute Gasteiger partial charge is 0.263 e. The zero-order chi connectivity index (χ0) is 15.4. The van der Waals surface area contributed by atoms with Gasteiger partial charge in [0, 0.05) is 19.0 Å². The largest absolute Gasteiger partial charge is 0.481 e. The molecule has 0 aliphatic carbocycles. The zero-order valence-corrected chi connectivity index (χ0v) is 12.3. The van der Waals surface area contributed by atoms with E-state index in [2.05, 4.69) is 0 Å². The lowest BCUT2D eigenvalue weighted by Gasteiger charge is -2.22. The van der Waals surface area contributed by atoms with Gasteiger partial charge in [-0.15, -0.1) is 0 Å². The molecule has 1 aliphatic rings. The molecular formula is C16H20N2O3. The topological polar surface area (TPSA) is 73.6 Å². The second kappa shape index (κ2) is 6.59. The molecule has 0 bridgehead atoms. The summed E-state index contributed by atoms with van der Waals surface area (Å²) in [6, 6.07) is 8.72. The van der Waals surface area contributed by atoms with Crippen molar-refractivity contribution >= 4 is 5.91 Å². The van der Waals surface area contributed by atoms with Crippen molar-refractivity contribution < 1.29 is 14.6 Å². The Morgan fingerprint density at radius 2 is 2.10 bits per heavy atom. The Balaban J connectivity index is 1.92. The van der Waals surface area contributed by atoms with E-state index in [0.717, 1.165) is 6.42 Å². The van der Waals surface area contributed by atoms with Crippen LogP contribution in [0, 0.1) is 17.2 Å². The summed E-state index contributed by atoms with van der Waals surface area (Å²) in [5.74, 6) is 0.652. The van der Waals surface area contributed by atoms with E-state index < -0.39 is 12.2 Å². The highest BCUT2D eigenvalue weighted by atomic mass is 16.5. The SMILES string of the molecule is CC(Oc1ccc(C#N)cc1)C(=O)N1CCC(C(C)O)C1. The highest BCUT2D eigenvalue weighted by Gasteiger charge is 2.31. The molecule has 1 N–H and O–H groups in total. The fourth-order valence-electron chi connectivity index (χ4n) is 2.50. The van der Waals surface area contributed by atoms with Gasteiger partial charge in [-0.1, -0.05) is 0 Å². The number of ether oxygens (including phenoxy) is 1. The normalized spacial score (nSPS) is 20.7. The van der Waals surface area contributed by atoms with Crippen LogP contribution in [0.3, 0.4) is 0 Å². The molecule has 112 valence electrons. The summed E-state index contributed by atoms with van der Waals surface area (Å²) in [6.07, 6.45) is -0.143. The van der Waals surface area contributed by atoms with Crippen LogP contribution in [0.4, 0.5) is 0 Å². The summed E-state index contributed by atoms with van der Waals surface area (Å²) in [4.78, 5) is 14.0. The predicted octanol–water partition coefficient (Wildman–Crippen LogP) is 1.55. The van der Waals surface area contributed by atoms with Gasteiger partial charge in [0.05, 0.1) is 17.7 Å². The summed E-state index contributed by atoms with van der Waals surface area (Å²) in [5, 5.41) is 18.3. The van der Waals surface area contributed by atoms with E-state index in [1.54, 1.807) is 43.0 Å². The van der Waals surface area contributed by atoms with E-state index in [1.807, 2.05) is 6.07 Å². The quantitative estimate of drug-likeness (QED) is 0.912. The molecule has 3 atom stereocenters. The number of likely N-dealkylation sites (tertiary alicyclic amines) is 1. The van der Waals surface area contributed by atoms with Gasteiger partial charge in [-0.25, -0.2) is 0 Å². The third-order valence-electron chi connectivity index (χ3n) is 3.86. The minimum absolute atomic E-state index is 0.0671. The lowest BCUT2D eigenvalue weighted by Crippen LogP contribution is -2.39. The highest BCUT2D eigenvalue weighted by molar-refractivity contribution is 5.81. The van der Waals surface area contributed by atoms with E-state index >= 15 is 0 Å². The van der Waals surface area contributed by atoms with Gasteiger partial charge in [0.25, 0.3) is 5.91 Å². The molecule has 0 saturated carbocycles. The molecule has 1 aromatic carbocycles. The molecule has 1 heterocycles. The summed E-state index contributed by atoms with van der Waals surface area (Å²) in [6.45, 7) is 4.72. The fourth-order valence-corrected chi connectivity index (χ4v) is 2.50. The Labute approximate surface area is 124 Å². The molecule has 1 amide bonds. The molecule has 3 unspecified atom stereocenters. The third-order valence-corrected chi connectivity index (χ3v) is 3.86. The maximum atomic E-state index is 12.3. The van der Waals surface area contributed by atoms with Crippen LogP contribution in [0.1, 0.15) is 25.8 Å². The van der Waals surface area contributed by atoms with Crippen LogP contribution in [-0.4, -0.2) is 41.2 Å². The summed E-state index contributed by atoms with van der Waals surface area (Å²) < 4.78 is 5.62. The minimum atomic E-state index is -0.578. The third kappa shape index (κ3) is 3.73. The van der Waals surface area contributed by atoms with Gasteiger partial charge >= 0.3 is 0 Å². The van der Waals surface area contributed by atoms with Crippen molar-refractivity contribution in [2.45, 2.75) is 32.5 Å². The van der Waals surface area contributed by atoms with Crippen molar-refractivity contribution in [3.8, 4) is 11.8 Å².